The van der Waals surface area contributed by atoms with E-state index in [1.54, 1.807) is 25.1 Å². The van der Waals surface area contributed by atoms with Crippen molar-refractivity contribution in [3.63, 3.8) is 0 Å². The number of aryl methyl sites for hydroxylation is 1. The first kappa shape index (κ1) is 19.4. The third-order valence-corrected chi connectivity index (χ3v) is 4.93. The molecule has 1 saturated carbocycles. The second-order valence-corrected chi connectivity index (χ2v) is 7.22. The molecule has 0 spiro atoms. The molecule has 0 bridgehead atoms. The van der Waals surface area contributed by atoms with Gasteiger partial charge in [-0.15, -0.1) is 0 Å². The lowest BCUT2D eigenvalue weighted by Gasteiger charge is -2.32. The van der Waals surface area contributed by atoms with Crippen LogP contribution in [0, 0.1) is 12.8 Å². The van der Waals surface area contributed by atoms with Gasteiger partial charge < -0.3 is 4.90 Å². The fourth-order valence-corrected chi connectivity index (χ4v) is 3.26. The fraction of sp³-hybridized carbons (Fsp3) is 0.526. The number of hydrogen-bond donors (Lipinski definition) is 0. The SMILES string of the molecule is Cc1cccc(N2N=C(C(=O)N(CC(F)(F)F)[C@H](C)C3CC3)CCC2=O)c1. The van der Waals surface area contributed by atoms with E-state index >= 15 is 0 Å². The van der Waals surface area contributed by atoms with Crippen LogP contribution < -0.4 is 5.01 Å². The summed E-state index contributed by atoms with van der Waals surface area (Å²) in [7, 11) is 0. The molecule has 0 radical (unpaired) electrons. The molecule has 146 valence electrons. The molecule has 5 nitrogen and oxygen atoms in total. The Morgan fingerprint density at radius 2 is 2.04 bits per heavy atom. The average molecular weight is 381 g/mol. The number of hydrazone groups is 1. The first-order chi connectivity index (χ1) is 12.7. The Bertz CT molecular complexity index is 772. The molecule has 1 atom stereocenters. The maximum Gasteiger partial charge on any atom is 0.406 e. The topological polar surface area (TPSA) is 53.0 Å². The summed E-state index contributed by atoms with van der Waals surface area (Å²) >= 11 is 0. The molecule has 1 aromatic rings. The molecule has 0 saturated heterocycles. The molecule has 1 fully saturated rings. The predicted octanol–water partition coefficient (Wildman–Crippen LogP) is 3.67. The quantitative estimate of drug-likeness (QED) is 0.782. The number of halogens is 3. The van der Waals surface area contributed by atoms with E-state index in [1.165, 1.54) is 0 Å². The van der Waals surface area contributed by atoms with Crippen LogP contribution in [-0.2, 0) is 9.59 Å². The van der Waals surface area contributed by atoms with Gasteiger partial charge in [-0.3, -0.25) is 9.59 Å². The zero-order valence-electron chi connectivity index (χ0n) is 15.3. The van der Waals surface area contributed by atoms with E-state index in [0.717, 1.165) is 28.3 Å². The highest BCUT2D eigenvalue weighted by molar-refractivity contribution is 6.40. The first-order valence-corrected chi connectivity index (χ1v) is 9.00. The number of amides is 2. The Labute approximate surface area is 155 Å². The van der Waals surface area contributed by atoms with Gasteiger partial charge >= 0.3 is 6.18 Å². The van der Waals surface area contributed by atoms with Crippen LogP contribution in [0.15, 0.2) is 29.4 Å². The average Bonchev–Trinajstić information content (AvgIpc) is 3.43. The summed E-state index contributed by atoms with van der Waals surface area (Å²) in [4.78, 5) is 26.0. The summed E-state index contributed by atoms with van der Waals surface area (Å²) < 4.78 is 39.1. The van der Waals surface area contributed by atoms with Gasteiger partial charge in [-0.1, -0.05) is 12.1 Å². The second-order valence-electron chi connectivity index (χ2n) is 7.22. The molecule has 0 unspecified atom stereocenters. The third-order valence-electron chi connectivity index (χ3n) is 4.93. The van der Waals surface area contributed by atoms with E-state index in [1.807, 2.05) is 13.0 Å². The van der Waals surface area contributed by atoms with Crippen LogP contribution in [0.3, 0.4) is 0 Å². The Kier molecular flexibility index (Phi) is 5.26. The third kappa shape index (κ3) is 4.67. The Morgan fingerprint density at radius 1 is 1.33 bits per heavy atom. The molecule has 8 heteroatoms. The normalized spacial score (nSPS) is 18.9. The number of carbonyl (C=O) groups excluding carboxylic acids is 2. The number of benzene rings is 1. The summed E-state index contributed by atoms with van der Waals surface area (Å²) in [6.07, 6.45) is -2.76. The number of anilines is 1. The van der Waals surface area contributed by atoms with Gasteiger partial charge in [-0.05, 0) is 50.3 Å². The van der Waals surface area contributed by atoms with E-state index in [9.17, 15) is 22.8 Å². The molecule has 0 N–H and O–H groups in total. The van der Waals surface area contributed by atoms with Gasteiger partial charge in [0, 0.05) is 18.9 Å². The minimum atomic E-state index is -4.49. The minimum absolute atomic E-state index is 0.00661. The smallest absolute Gasteiger partial charge is 0.325 e. The molecule has 1 heterocycles. The van der Waals surface area contributed by atoms with Crippen molar-refractivity contribution in [2.45, 2.75) is 51.7 Å². The molecule has 2 amide bonds. The monoisotopic (exact) mass is 381 g/mol. The van der Waals surface area contributed by atoms with Crippen molar-refractivity contribution in [2.24, 2.45) is 11.0 Å². The van der Waals surface area contributed by atoms with Crippen molar-refractivity contribution in [1.82, 2.24) is 4.90 Å². The molecule has 27 heavy (non-hydrogen) atoms. The van der Waals surface area contributed by atoms with E-state index in [4.69, 9.17) is 0 Å². The van der Waals surface area contributed by atoms with Gasteiger partial charge in [0.05, 0.1) is 5.69 Å². The van der Waals surface area contributed by atoms with E-state index in [2.05, 4.69) is 5.10 Å². The van der Waals surface area contributed by atoms with Crippen molar-refractivity contribution >= 4 is 23.2 Å². The Hall–Kier alpha value is -2.38. The maximum atomic E-state index is 13.0. The van der Waals surface area contributed by atoms with E-state index in [-0.39, 0.29) is 30.4 Å². The van der Waals surface area contributed by atoms with E-state index < -0.39 is 24.7 Å². The summed E-state index contributed by atoms with van der Waals surface area (Å²) in [5, 5.41) is 5.25. The van der Waals surface area contributed by atoms with Crippen molar-refractivity contribution in [2.75, 3.05) is 11.6 Å². The van der Waals surface area contributed by atoms with Gasteiger partial charge in [-0.25, -0.2) is 5.01 Å². The Morgan fingerprint density at radius 3 is 2.63 bits per heavy atom. The largest absolute Gasteiger partial charge is 0.406 e. The van der Waals surface area contributed by atoms with Gasteiger partial charge in [-0.2, -0.15) is 18.3 Å². The van der Waals surface area contributed by atoms with Gasteiger partial charge in [0.15, 0.2) is 0 Å². The summed E-state index contributed by atoms with van der Waals surface area (Å²) in [6, 6.07) is 6.54. The summed E-state index contributed by atoms with van der Waals surface area (Å²) in [5.74, 6) is -0.929. The Balaban J connectivity index is 1.88. The lowest BCUT2D eigenvalue weighted by molar-refractivity contribution is -0.161. The highest BCUT2D eigenvalue weighted by Crippen LogP contribution is 2.36. The molecule has 1 aromatic carbocycles. The molecular weight excluding hydrogens is 359 g/mol. The lowest BCUT2D eigenvalue weighted by atomic mass is 10.1. The van der Waals surface area contributed by atoms with Gasteiger partial charge in [0.2, 0.25) is 5.91 Å². The van der Waals surface area contributed by atoms with Gasteiger partial charge in [0.1, 0.15) is 12.3 Å². The van der Waals surface area contributed by atoms with Crippen molar-refractivity contribution in [3.8, 4) is 0 Å². The van der Waals surface area contributed by atoms with Crippen LogP contribution in [-0.4, -0.2) is 41.2 Å². The van der Waals surface area contributed by atoms with Crippen molar-refractivity contribution in [3.05, 3.63) is 29.8 Å². The van der Waals surface area contributed by atoms with Crippen LogP contribution in [0.25, 0.3) is 0 Å². The number of rotatable bonds is 5. The second kappa shape index (κ2) is 7.32. The number of alkyl halides is 3. The molecule has 2 aliphatic rings. The van der Waals surface area contributed by atoms with Crippen LogP contribution in [0.2, 0.25) is 0 Å². The summed E-state index contributed by atoms with van der Waals surface area (Å²) in [6.45, 7) is 2.20. The van der Waals surface area contributed by atoms with Gasteiger partial charge in [0.25, 0.3) is 5.91 Å². The first-order valence-electron chi connectivity index (χ1n) is 9.00. The fourth-order valence-electron chi connectivity index (χ4n) is 3.26. The standard InChI is InChI=1S/C19H22F3N3O2/c1-12-4-3-5-15(10-12)25-17(26)9-8-16(23-25)18(27)24(11-19(20,21)22)13(2)14-6-7-14/h3-5,10,13-14H,6-9,11H2,1-2H3/t13-/m1/s1. The number of carbonyl (C=O) groups is 2. The van der Waals surface area contributed by atoms with Crippen molar-refractivity contribution < 1.29 is 22.8 Å². The molecular formula is C19H22F3N3O2. The molecule has 0 aromatic heterocycles. The summed E-state index contributed by atoms with van der Waals surface area (Å²) in [5.41, 5.74) is 1.41. The van der Waals surface area contributed by atoms with Crippen LogP contribution in [0.1, 0.15) is 38.2 Å². The highest BCUT2D eigenvalue weighted by atomic mass is 19.4. The number of nitrogens with zero attached hydrogens (tertiary/aromatic N) is 3. The molecule has 3 rings (SSSR count). The molecule has 1 aliphatic heterocycles. The zero-order chi connectivity index (χ0) is 19.8. The van der Waals surface area contributed by atoms with Crippen LogP contribution >= 0.6 is 0 Å². The van der Waals surface area contributed by atoms with E-state index in [0.29, 0.717) is 5.69 Å². The van der Waals surface area contributed by atoms with Crippen LogP contribution in [0.5, 0.6) is 0 Å². The lowest BCUT2D eigenvalue weighted by Crippen LogP contribution is -2.49. The zero-order valence-corrected chi connectivity index (χ0v) is 15.3. The minimum Gasteiger partial charge on any atom is -0.325 e. The number of hydrogen-bond acceptors (Lipinski definition) is 3. The highest BCUT2D eigenvalue weighted by Gasteiger charge is 2.42. The molecule has 1 aliphatic carbocycles. The van der Waals surface area contributed by atoms with Crippen molar-refractivity contribution in [1.29, 1.82) is 0 Å². The van der Waals surface area contributed by atoms with Crippen LogP contribution in [0.4, 0.5) is 18.9 Å². The maximum absolute atomic E-state index is 13.0. The predicted molar refractivity (Wildman–Crippen MR) is 95.3 cm³/mol.